The van der Waals surface area contributed by atoms with Crippen molar-refractivity contribution in [2.75, 3.05) is 4.90 Å². The van der Waals surface area contributed by atoms with Gasteiger partial charge in [0.15, 0.2) is 0 Å². The van der Waals surface area contributed by atoms with E-state index in [1.807, 2.05) is 60.7 Å². The van der Waals surface area contributed by atoms with Crippen molar-refractivity contribution in [3.63, 3.8) is 0 Å². The van der Waals surface area contributed by atoms with Gasteiger partial charge in [0, 0.05) is 10.4 Å². The maximum atomic E-state index is 13.9. The van der Waals surface area contributed by atoms with E-state index in [9.17, 15) is 14.4 Å². The molecule has 0 aromatic heterocycles. The minimum Gasteiger partial charge on any atom is -0.299 e. The van der Waals surface area contributed by atoms with Gasteiger partial charge in [-0.3, -0.25) is 14.4 Å². The van der Waals surface area contributed by atoms with Crippen molar-refractivity contribution in [1.82, 2.24) is 0 Å². The van der Waals surface area contributed by atoms with E-state index < -0.39 is 17.3 Å². The molecule has 5 heteroatoms. The Morgan fingerprint density at radius 2 is 1.39 bits per heavy atom. The average molecular weight is 472 g/mol. The van der Waals surface area contributed by atoms with Crippen molar-refractivity contribution in [2.24, 2.45) is 11.8 Å². The first kappa shape index (κ1) is 18.7. The van der Waals surface area contributed by atoms with Crippen LogP contribution in [-0.2, 0) is 19.8 Å². The topological polar surface area (TPSA) is 54.5 Å². The molecule has 1 fully saturated rings. The highest BCUT2D eigenvalue weighted by atomic mass is 79.9. The fourth-order valence-corrected chi connectivity index (χ4v) is 6.48. The molecule has 1 saturated heterocycles. The third kappa shape index (κ3) is 2.12. The molecule has 152 valence electrons. The monoisotopic (exact) mass is 471 g/mol. The van der Waals surface area contributed by atoms with Crippen molar-refractivity contribution in [3.05, 3.63) is 99.5 Å². The molecule has 31 heavy (non-hydrogen) atoms. The molecule has 1 aliphatic heterocycles. The van der Waals surface area contributed by atoms with Crippen LogP contribution in [0.3, 0.4) is 0 Å². The Balaban J connectivity index is 1.67. The molecule has 0 unspecified atom stereocenters. The second kappa shape index (κ2) is 6.24. The van der Waals surface area contributed by atoms with Crippen LogP contribution in [0, 0.1) is 11.8 Å². The molecule has 4 aliphatic rings. The summed E-state index contributed by atoms with van der Waals surface area (Å²) < 4.78 is 0.868. The van der Waals surface area contributed by atoms with E-state index >= 15 is 0 Å². The number of carbonyl (C=O) groups is 3. The van der Waals surface area contributed by atoms with Gasteiger partial charge in [-0.25, -0.2) is 4.90 Å². The largest absolute Gasteiger partial charge is 0.299 e. The van der Waals surface area contributed by atoms with Crippen LogP contribution in [0.2, 0.25) is 0 Å². The van der Waals surface area contributed by atoms with Gasteiger partial charge in [0.25, 0.3) is 0 Å². The highest BCUT2D eigenvalue weighted by molar-refractivity contribution is 9.10. The van der Waals surface area contributed by atoms with Gasteiger partial charge in [-0.1, -0.05) is 64.5 Å². The van der Waals surface area contributed by atoms with E-state index in [1.54, 1.807) is 19.1 Å². The predicted molar refractivity (Wildman–Crippen MR) is 120 cm³/mol. The van der Waals surface area contributed by atoms with Crippen molar-refractivity contribution in [3.8, 4) is 0 Å². The van der Waals surface area contributed by atoms with Crippen LogP contribution < -0.4 is 4.90 Å². The van der Waals surface area contributed by atoms with Crippen LogP contribution in [0.5, 0.6) is 0 Å². The van der Waals surface area contributed by atoms with E-state index in [0.29, 0.717) is 5.69 Å². The molecule has 7 rings (SSSR count). The van der Waals surface area contributed by atoms with Gasteiger partial charge < -0.3 is 0 Å². The van der Waals surface area contributed by atoms with Crippen LogP contribution in [0.15, 0.2) is 77.3 Å². The number of benzene rings is 3. The number of amides is 2. The average Bonchev–Trinajstić information content (AvgIpc) is 3.05. The van der Waals surface area contributed by atoms with Crippen molar-refractivity contribution >= 4 is 39.2 Å². The Morgan fingerprint density at radius 3 is 1.94 bits per heavy atom. The van der Waals surface area contributed by atoms with Gasteiger partial charge in [-0.05, 0) is 53.4 Å². The number of ketones is 1. The first-order valence-corrected chi connectivity index (χ1v) is 11.1. The van der Waals surface area contributed by atoms with Crippen LogP contribution in [0.4, 0.5) is 5.69 Å². The van der Waals surface area contributed by atoms with Crippen LogP contribution in [0.25, 0.3) is 0 Å². The predicted octanol–water partition coefficient (Wildman–Crippen LogP) is 4.59. The Labute approximate surface area is 188 Å². The number of nitrogens with zero attached hydrogens (tertiary/aromatic N) is 1. The Kier molecular flexibility index (Phi) is 3.76. The summed E-state index contributed by atoms with van der Waals surface area (Å²) in [4.78, 5) is 42.5. The van der Waals surface area contributed by atoms with Crippen LogP contribution in [-0.4, -0.2) is 17.6 Å². The molecule has 1 heterocycles. The fraction of sp³-hybridized carbons (Fsp3) is 0.192. The SMILES string of the molecule is CC(=O)C12c3ccccc3C(c3ccccc31)[C@H]1C(=O)N(c3ccc(Br)cc3)C(=O)[C@@H]12. The van der Waals surface area contributed by atoms with E-state index in [2.05, 4.69) is 15.9 Å². The van der Waals surface area contributed by atoms with E-state index in [1.165, 1.54) is 4.90 Å². The molecule has 0 N–H and O–H groups in total. The lowest BCUT2D eigenvalue weighted by atomic mass is 9.46. The molecule has 3 aromatic rings. The summed E-state index contributed by atoms with van der Waals surface area (Å²) in [5.74, 6) is -2.19. The molecule has 0 spiro atoms. The van der Waals surface area contributed by atoms with Gasteiger partial charge in [0.2, 0.25) is 11.8 Å². The fourth-order valence-electron chi connectivity index (χ4n) is 6.21. The van der Waals surface area contributed by atoms with Crippen LogP contribution >= 0.6 is 15.9 Å². The molecule has 2 atom stereocenters. The second-order valence-corrected chi connectivity index (χ2v) is 9.42. The number of rotatable bonds is 2. The number of anilines is 1. The molecule has 4 nitrogen and oxygen atoms in total. The van der Waals surface area contributed by atoms with Crippen molar-refractivity contribution < 1.29 is 14.4 Å². The summed E-state index contributed by atoms with van der Waals surface area (Å²) >= 11 is 3.41. The first-order valence-electron chi connectivity index (χ1n) is 10.3. The molecule has 3 aromatic carbocycles. The molecule has 2 amide bonds. The summed E-state index contributed by atoms with van der Waals surface area (Å²) in [7, 11) is 0. The number of Topliss-reactive ketones (excluding diaryl/α,β-unsaturated/α-hetero) is 1. The Bertz CT molecular complexity index is 1250. The lowest BCUT2D eigenvalue weighted by Gasteiger charge is -2.52. The maximum absolute atomic E-state index is 13.9. The van der Waals surface area contributed by atoms with Gasteiger partial charge in [-0.15, -0.1) is 0 Å². The lowest BCUT2D eigenvalue weighted by Crippen LogP contribution is -2.57. The molecule has 0 radical (unpaired) electrons. The summed E-state index contributed by atoms with van der Waals surface area (Å²) in [6.45, 7) is 1.55. The highest BCUT2D eigenvalue weighted by Gasteiger charge is 2.69. The molecule has 2 bridgehead atoms. The number of hydrogen-bond acceptors (Lipinski definition) is 3. The standard InChI is InChI=1S/C26H18BrNO3/c1-14(29)26-19-8-4-2-6-17(19)21(18-7-3-5-9-20(18)26)22-23(26)25(31)28(24(22)30)16-12-10-15(27)11-13-16/h2-13,21-23H,1H3/t21?,22-,23-,26?/m1/s1. The smallest absolute Gasteiger partial charge is 0.239 e. The third-order valence-corrected chi connectivity index (χ3v) is 7.79. The van der Waals surface area contributed by atoms with E-state index in [4.69, 9.17) is 0 Å². The second-order valence-electron chi connectivity index (χ2n) is 8.51. The van der Waals surface area contributed by atoms with Crippen LogP contribution in [0.1, 0.15) is 35.1 Å². The number of carbonyl (C=O) groups excluding carboxylic acids is 3. The van der Waals surface area contributed by atoms with Crippen molar-refractivity contribution in [2.45, 2.75) is 18.3 Å². The Morgan fingerprint density at radius 1 is 0.839 bits per heavy atom. The summed E-state index contributed by atoms with van der Waals surface area (Å²) in [5, 5.41) is 0. The first-order chi connectivity index (χ1) is 15.0. The van der Waals surface area contributed by atoms with Gasteiger partial charge in [0.05, 0.1) is 22.9 Å². The lowest BCUT2D eigenvalue weighted by molar-refractivity contribution is -0.132. The maximum Gasteiger partial charge on any atom is 0.239 e. The zero-order valence-corrected chi connectivity index (χ0v) is 18.3. The minimum absolute atomic E-state index is 0.0978. The van der Waals surface area contributed by atoms with E-state index in [0.717, 1.165) is 26.7 Å². The molecular formula is C26H18BrNO3. The number of halogens is 1. The van der Waals surface area contributed by atoms with Gasteiger partial charge in [-0.2, -0.15) is 0 Å². The number of hydrogen-bond donors (Lipinski definition) is 0. The quantitative estimate of drug-likeness (QED) is 0.513. The summed E-state index contributed by atoms with van der Waals surface area (Å²) in [5.41, 5.74) is 3.09. The van der Waals surface area contributed by atoms with Crippen molar-refractivity contribution in [1.29, 1.82) is 0 Å². The zero-order chi connectivity index (χ0) is 21.5. The summed E-state index contributed by atoms with van der Waals surface area (Å²) in [6.07, 6.45) is 0. The highest BCUT2D eigenvalue weighted by Crippen LogP contribution is 2.64. The zero-order valence-electron chi connectivity index (χ0n) is 16.7. The summed E-state index contributed by atoms with van der Waals surface area (Å²) in [6, 6.07) is 22.8. The number of imide groups is 1. The molecular weight excluding hydrogens is 454 g/mol. The van der Waals surface area contributed by atoms with Gasteiger partial charge >= 0.3 is 0 Å². The normalized spacial score (nSPS) is 27.7. The molecule has 3 aliphatic carbocycles. The van der Waals surface area contributed by atoms with Gasteiger partial charge in [0.1, 0.15) is 5.78 Å². The molecule has 0 saturated carbocycles. The minimum atomic E-state index is -1.15. The van der Waals surface area contributed by atoms with E-state index in [-0.39, 0.29) is 23.5 Å². The third-order valence-electron chi connectivity index (χ3n) is 7.26. The Hall–Kier alpha value is -3.05.